The highest BCUT2D eigenvalue weighted by Crippen LogP contribution is 2.31. The first-order valence-corrected chi connectivity index (χ1v) is 5.38. The fourth-order valence-corrected chi connectivity index (χ4v) is 2.34. The van der Waals surface area contributed by atoms with Gasteiger partial charge in [0.2, 0.25) is 0 Å². The predicted octanol–water partition coefficient (Wildman–Crippen LogP) is 4.29. The van der Waals surface area contributed by atoms with Crippen molar-refractivity contribution in [3.05, 3.63) is 34.6 Å². The van der Waals surface area contributed by atoms with Crippen LogP contribution in [0.3, 0.4) is 0 Å². The van der Waals surface area contributed by atoms with Crippen molar-refractivity contribution in [2.45, 2.75) is 32.0 Å². The van der Waals surface area contributed by atoms with Gasteiger partial charge in [0, 0.05) is 4.83 Å². The Morgan fingerprint density at radius 1 is 1.31 bits per heavy atom. The molecule has 13 heavy (non-hydrogen) atoms. The van der Waals surface area contributed by atoms with Crippen molar-refractivity contribution in [2.75, 3.05) is 0 Å². The first-order valence-electron chi connectivity index (χ1n) is 4.47. The van der Waals surface area contributed by atoms with Crippen LogP contribution in [0.1, 0.15) is 34.9 Å². The lowest BCUT2D eigenvalue weighted by Crippen LogP contribution is -1.97. The Morgan fingerprint density at radius 2 is 1.77 bits per heavy atom. The van der Waals surface area contributed by atoms with Crippen LogP contribution in [0.25, 0.3) is 0 Å². The van der Waals surface area contributed by atoms with Crippen LogP contribution in [0, 0.1) is 19.7 Å². The molecule has 0 aromatic heterocycles. The third-order valence-electron chi connectivity index (χ3n) is 2.23. The number of alkyl halides is 1. The van der Waals surface area contributed by atoms with Crippen molar-refractivity contribution in [3.63, 3.8) is 0 Å². The van der Waals surface area contributed by atoms with Crippen molar-refractivity contribution in [2.24, 2.45) is 0 Å². The van der Waals surface area contributed by atoms with E-state index in [9.17, 15) is 4.39 Å². The molecule has 0 aliphatic carbocycles. The topological polar surface area (TPSA) is 0 Å². The van der Waals surface area contributed by atoms with E-state index in [1.54, 1.807) is 12.1 Å². The third kappa shape index (κ3) is 2.31. The second-order valence-corrected chi connectivity index (χ2v) is 4.43. The van der Waals surface area contributed by atoms with Crippen LogP contribution < -0.4 is 0 Å². The van der Waals surface area contributed by atoms with Gasteiger partial charge in [0.1, 0.15) is 5.82 Å². The zero-order valence-electron chi connectivity index (χ0n) is 8.20. The number of halogens is 2. The maximum atomic E-state index is 13.0. The van der Waals surface area contributed by atoms with Gasteiger partial charge in [-0.2, -0.15) is 0 Å². The van der Waals surface area contributed by atoms with Crippen molar-refractivity contribution < 1.29 is 4.39 Å². The molecule has 0 aliphatic heterocycles. The average molecular weight is 245 g/mol. The Balaban J connectivity index is 3.20. The van der Waals surface area contributed by atoms with E-state index >= 15 is 0 Å². The lowest BCUT2D eigenvalue weighted by atomic mass is 9.99. The SMILES string of the molecule is CCC(Br)c1c(C)cc(F)cc1C. The van der Waals surface area contributed by atoms with E-state index in [1.165, 1.54) is 5.56 Å². The van der Waals surface area contributed by atoms with Gasteiger partial charge in [0.15, 0.2) is 0 Å². The summed E-state index contributed by atoms with van der Waals surface area (Å²) in [6.07, 6.45) is 1.02. The summed E-state index contributed by atoms with van der Waals surface area (Å²) in [5.41, 5.74) is 3.28. The largest absolute Gasteiger partial charge is 0.207 e. The third-order valence-corrected chi connectivity index (χ3v) is 3.34. The monoisotopic (exact) mass is 244 g/mol. The lowest BCUT2D eigenvalue weighted by molar-refractivity contribution is 0.623. The summed E-state index contributed by atoms with van der Waals surface area (Å²) in [5.74, 6) is -0.144. The molecule has 0 bridgehead atoms. The molecule has 0 saturated heterocycles. The fourth-order valence-electron chi connectivity index (χ4n) is 1.62. The highest BCUT2D eigenvalue weighted by atomic mass is 79.9. The molecule has 0 heterocycles. The summed E-state index contributed by atoms with van der Waals surface area (Å²) >= 11 is 3.59. The van der Waals surface area contributed by atoms with Crippen molar-refractivity contribution >= 4 is 15.9 Å². The van der Waals surface area contributed by atoms with Gasteiger partial charge in [-0.1, -0.05) is 22.9 Å². The Kier molecular flexibility index (Phi) is 3.48. The van der Waals surface area contributed by atoms with E-state index in [0.717, 1.165) is 17.5 Å². The van der Waals surface area contributed by atoms with Gasteiger partial charge in [-0.3, -0.25) is 0 Å². The van der Waals surface area contributed by atoms with Gasteiger partial charge in [0.25, 0.3) is 0 Å². The van der Waals surface area contributed by atoms with Crippen LogP contribution in [0.15, 0.2) is 12.1 Å². The van der Waals surface area contributed by atoms with Crippen molar-refractivity contribution in [1.29, 1.82) is 0 Å². The Morgan fingerprint density at radius 3 is 2.15 bits per heavy atom. The quantitative estimate of drug-likeness (QED) is 0.682. The van der Waals surface area contributed by atoms with E-state index in [1.807, 2.05) is 13.8 Å². The van der Waals surface area contributed by atoms with Gasteiger partial charge < -0.3 is 0 Å². The molecule has 0 aliphatic rings. The van der Waals surface area contributed by atoms with E-state index in [2.05, 4.69) is 22.9 Å². The minimum Gasteiger partial charge on any atom is -0.207 e. The smallest absolute Gasteiger partial charge is 0.123 e. The molecule has 0 spiro atoms. The van der Waals surface area contributed by atoms with Crippen LogP contribution in [0.5, 0.6) is 0 Å². The Hall–Kier alpha value is -0.370. The van der Waals surface area contributed by atoms with Crippen LogP contribution in [0.4, 0.5) is 4.39 Å². The van der Waals surface area contributed by atoms with Gasteiger partial charge >= 0.3 is 0 Å². The number of hydrogen-bond donors (Lipinski definition) is 0. The van der Waals surface area contributed by atoms with Crippen LogP contribution in [-0.4, -0.2) is 0 Å². The zero-order valence-corrected chi connectivity index (χ0v) is 9.78. The Labute approximate surface area is 87.3 Å². The van der Waals surface area contributed by atoms with Crippen LogP contribution >= 0.6 is 15.9 Å². The number of rotatable bonds is 2. The first-order chi connectivity index (χ1) is 6.06. The molecule has 0 radical (unpaired) electrons. The molecule has 1 atom stereocenters. The molecule has 0 fully saturated rings. The second-order valence-electron chi connectivity index (χ2n) is 3.33. The second kappa shape index (κ2) is 4.23. The lowest BCUT2D eigenvalue weighted by Gasteiger charge is -2.14. The molecule has 2 heteroatoms. The molecule has 0 saturated carbocycles. The van der Waals surface area contributed by atoms with Gasteiger partial charge in [-0.25, -0.2) is 4.39 Å². The molecule has 0 amide bonds. The standard InChI is InChI=1S/C11H14BrF/c1-4-10(12)11-7(2)5-9(13)6-8(11)3/h5-6,10H,4H2,1-3H3. The molecule has 1 aromatic carbocycles. The van der Waals surface area contributed by atoms with Gasteiger partial charge in [0.05, 0.1) is 0 Å². The number of hydrogen-bond acceptors (Lipinski definition) is 0. The summed E-state index contributed by atoms with van der Waals surface area (Å²) in [5, 5.41) is 0. The highest BCUT2D eigenvalue weighted by molar-refractivity contribution is 9.09. The van der Waals surface area contributed by atoms with E-state index < -0.39 is 0 Å². The molecule has 1 aromatic rings. The van der Waals surface area contributed by atoms with Gasteiger partial charge in [-0.05, 0) is 49.1 Å². The van der Waals surface area contributed by atoms with E-state index in [-0.39, 0.29) is 5.82 Å². The normalized spacial score (nSPS) is 13.0. The molecule has 1 rings (SSSR count). The summed E-state index contributed by atoms with van der Waals surface area (Å²) in [6.45, 7) is 6.02. The molecule has 72 valence electrons. The summed E-state index contributed by atoms with van der Waals surface area (Å²) in [4.78, 5) is 0.341. The average Bonchev–Trinajstić information content (AvgIpc) is 2.02. The number of benzene rings is 1. The fraction of sp³-hybridized carbons (Fsp3) is 0.455. The minimum atomic E-state index is -0.144. The maximum Gasteiger partial charge on any atom is 0.123 e. The van der Waals surface area contributed by atoms with Crippen LogP contribution in [-0.2, 0) is 0 Å². The summed E-state index contributed by atoms with van der Waals surface area (Å²) in [6, 6.07) is 3.18. The maximum absolute atomic E-state index is 13.0. The van der Waals surface area contributed by atoms with Crippen LogP contribution in [0.2, 0.25) is 0 Å². The first kappa shape index (κ1) is 10.7. The van der Waals surface area contributed by atoms with E-state index in [0.29, 0.717) is 4.83 Å². The number of aryl methyl sites for hydroxylation is 2. The molecular formula is C11H14BrF. The zero-order chi connectivity index (χ0) is 10.0. The minimum absolute atomic E-state index is 0.144. The molecule has 0 N–H and O–H groups in total. The molecule has 0 nitrogen and oxygen atoms in total. The van der Waals surface area contributed by atoms with Crippen molar-refractivity contribution in [1.82, 2.24) is 0 Å². The Bertz CT molecular complexity index is 284. The summed E-state index contributed by atoms with van der Waals surface area (Å²) < 4.78 is 13.0. The molecule has 1 unspecified atom stereocenters. The summed E-state index contributed by atoms with van der Waals surface area (Å²) in [7, 11) is 0. The van der Waals surface area contributed by atoms with E-state index in [4.69, 9.17) is 0 Å². The van der Waals surface area contributed by atoms with Gasteiger partial charge in [-0.15, -0.1) is 0 Å². The van der Waals surface area contributed by atoms with Crippen molar-refractivity contribution in [3.8, 4) is 0 Å². The molecular weight excluding hydrogens is 231 g/mol. The highest BCUT2D eigenvalue weighted by Gasteiger charge is 2.11. The predicted molar refractivity (Wildman–Crippen MR) is 57.8 cm³/mol.